The van der Waals surface area contributed by atoms with Crippen molar-refractivity contribution in [2.24, 2.45) is 9.98 Å². The van der Waals surface area contributed by atoms with Crippen LogP contribution in [0.5, 0.6) is 11.5 Å². The number of fused-ring (bicyclic) bond motifs is 6. The van der Waals surface area contributed by atoms with Gasteiger partial charge in [0.1, 0.15) is 35.2 Å². The van der Waals surface area contributed by atoms with Crippen LogP contribution in [0.2, 0.25) is 5.02 Å². The average molecular weight is 987 g/mol. The number of amides is 3. The van der Waals surface area contributed by atoms with Crippen LogP contribution < -0.4 is 25.4 Å². The fourth-order valence-corrected chi connectivity index (χ4v) is 9.38. The second-order valence-corrected chi connectivity index (χ2v) is 18.3. The van der Waals surface area contributed by atoms with Gasteiger partial charge in [-0.15, -0.1) is 32.2 Å². The molecular weight excluding hydrogens is 930 g/mol. The maximum atomic E-state index is 13.3. The molecule has 0 spiro atoms. The van der Waals surface area contributed by atoms with Crippen molar-refractivity contribution in [2.75, 3.05) is 52.8 Å². The standard InChI is InChI=1S/C51H56ClN11O6S/c1-6-53-46(65)29-41-50-60-58-31(2)62(50)44-20-16-37(68-5)28-40(44)49(56-41)34-11-17-38(18-12-34)70-26-21-45(64)54-22-7-24-69-25-8-23-55-47(66)30-42-51-61-59-32(3)63(51)43-19-15-36(67-4)27-39(43)48(57-42)33-9-13-35(52)14-10-33/h9-20,27-28,41-42H,6-8,21-26,29-30H2,1-5H3,(H,53,65)(H,54,64)(H,55,66)/t41-,42-/m0/s1. The molecule has 0 bridgehead atoms. The summed E-state index contributed by atoms with van der Waals surface area (Å²) in [6, 6.07) is 26.0. The van der Waals surface area contributed by atoms with Gasteiger partial charge in [0.2, 0.25) is 17.7 Å². The highest BCUT2D eigenvalue weighted by atomic mass is 35.5. The molecule has 0 fully saturated rings. The third-order valence-corrected chi connectivity index (χ3v) is 13.1. The van der Waals surface area contributed by atoms with E-state index in [0.29, 0.717) is 103 Å². The number of carbonyl (C=O) groups excluding carboxylic acids is 3. The minimum absolute atomic E-state index is 0.0269. The van der Waals surface area contributed by atoms with Crippen molar-refractivity contribution in [3.8, 4) is 22.9 Å². The lowest BCUT2D eigenvalue weighted by molar-refractivity contribution is -0.122. The molecule has 2 atom stereocenters. The first-order chi connectivity index (χ1) is 34.0. The number of hydrogen-bond donors (Lipinski definition) is 3. The van der Waals surface area contributed by atoms with Crippen molar-refractivity contribution in [3.63, 3.8) is 0 Å². The van der Waals surface area contributed by atoms with E-state index in [1.807, 2.05) is 115 Å². The van der Waals surface area contributed by atoms with Crippen LogP contribution in [0, 0.1) is 13.8 Å². The van der Waals surface area contributed by atoms with Crippen LogP contribution in [0.25, 0.3) is 11.4 Å². The second-order valence-electron chi connectivity index (χ2n) is 16.6. The minimum Gasteiger partial charge on any atom is -0.497 e. The van der Waals surface area contributed by atoms with E-state index in [4.69, 9.17) is 35.8 Å². The number of thioether (sulfide) groups is 1. The van der Waals surface area contributed by atoms with Crippen molar-refractivity contribution in [3.05, 3.63) is 136 Å². The van der Waals surface area contributed by atoms with Gasteiger partial charge in [0, 0.05) is 77.2 Å². The van der Waals surface area contributed by atoms with E-state index in [9.17, 15) is 14.4 Å². The topological polar surface area (TPSA) is 201 Å². The van der Waals surface area contributed by atoms with Gasteiger partial charge in [0.05, 0.1) is 49.9 Å². The monoisotopic (exact) mass is 985 g/mol. The number of halogens is 1. The van der Waals surface area contributed by atoms with Crippen LogP contribution in [0.3, 0.4) is 0 Å². The van der Waals surface area contributed by atoms with Gasteiger partial charge in [-0.3, -0.25) is 33.5 Å². The predicted molar refractivity (Wildman–Crippen MR) is 269 cm³/mol. The van der Waals surface area contributed by atoms with Crippen LogP contribution >= 0.6 is 23.4 Å². The van der Waals surface area contributed by atoms with Crippen molar-refractivity contribution < 1.29 is 28.6 Å². The van der Waals surface area contributed by atoms with Crippen molar-refractivity contribution in [1.82, 2.24) is 45.5 Å². The molecule has 19 heteroatoms. The van der Waals surface area contributed by atoms with Gasteiger partial charge in [0.25, 0.3) is 0 Å². The number of benzene rings is 4. The van der Waals surface area contributed by atoms with Crippen molar-refractivity contribution in [1.29, 1.82) is 0 Å². The molecular formula is C51H56ClN11O6S. The lowest BCUT2D eigenvalue weighted by atomic mass is 10.00. The molecule has 17 nitrogen and oxygen atoms in total. The normalized spacial score (nSPS) is 14.7. The Kier molecular flexibility index (Phi) is 16.4. The number of methoxy groups -OCH3 is 2. The van der Waals surface area contributed by atoms with E-state index in [-0.39, 0.29) is 30.6 Å². The zero-order chi connectivity index (χ0) is 49.1. The first-order valence-corrected chi connectivity index (χ1v) is 24.7. The fraction of sp³-hybridized carbons (Fsp3) is 0.353. The Morgan fingerprint density at radius 1 is 0.643 bits per heavy atom. The molecule has 8 rings (SSSR count). The van der Waals surface area contributed by atoms with Crippen LogP contribution in [0.4, 0.5) is 0 Å². The zero-order valence-electron chi connectivity index (χ0n) is 39.8. The fourth-order valence-electron chi connectivity index (χ4n) is 8.40. The molecule has 0 aliphatic carbocycles. The smallest absolute Gasteiger partial charge is 0.222 e. The summed E-state index contributed by atoms with van der Waals surface area (Å²) in [4.78, 5) is 50.1. The molecule has 4 aromatic carbocycles. The Morgan fingerprint density at radius 3 is 1.63 bits per heavy atom. The molecule has 4 heterocycles. The minimum atomic E-state index is -0.600. The first kappa shape index (κ1) is 49.5. The van der Waals surface area contributed by atoms with E-state index in [0.717, 1.165) is 44.2 Å². The summed E-state index contributed by atoms with van der Waals surface area (Å²) in [7, 11) is 3.25. The average Bonchev–Trinajstić information content (AvgIpc) is 3.87. The molecule has 2 aliphatic heterocycles. The van der Waals surface area contributed by atoms with Crippen LogP contribution in [0.1, 0.15) is 96.7 Å². The number of hydrogen-bond acceptors (Lipinski definition) is 13. The third kappa shape index (κ3) is 11.6. The summed E-state index contributed by atoms with van der Waals surface area (Å²) in [5, 5.41) is 27.1. The number of nitrogens with one attached hydrogen (secondary N) is 3. The van der Waals surface area contributed by atoms with Gasteiger partial charge < -0.3 is 30.2 Å². The van der Waals surface area contributed by atoms with E-state index in [1.165, 1.54) is 0 Å². The molecule has 2 aromatic heterocycles. The van der Waals surface area contributed by atoms with Gasteiger partial charge >= 0.3 is 0 Å². The Labute approximate surface area is 415 Å². The lowest BCUT2D eigenvalue weighted by Crippen LogP contribution is -2.27. The lowest BCUT2D eigenvalue weighted by Gasteiger charge is -2.14. The summed E-state index contributed by atoms with van der Waals surface area (Å²) in [6.07, 6.45) is 1.85. The quantitative estimate of drug-likeness (QED) is 0.0493. The molecule has 0 saturated heterocycles. The maximum Gasteiger partial charge on any atom is 0.222 e. The molecule has 0 radical (unpaired) electrons. The van der Waals surface area contributed by atoms with Gasteiger partial charge in [-0.25, -0.2) is 0 Å². The molecule has 3 N–H and O–H groups in total. The Hall–Kier alpha value is -6.89. The predicted octanol–water partition coefficient (Wildman–Crippen LogP) is 7.05. The maximum absolute atomic E-state index is 13.3. The highest BCUT2D eigenvalue weighted by Gasteiger charge is 2.32. The second kappa shape index (κ2) is 23.1. The van der Waals surface area contributed by atoms with Crippen molar-refractivity contribution in [2.45, 2.75) is 69.9 Å². The van der Waals surface area contributed by atoms with Crippen LogP contribution in [0.15, 0.2) is 99.8 Å². The van der Waals surface area contributed by atoms with Crippen molar-refractivity contribution >= 4 is 52.5 Å². The van der Waals surface area contributed by atoms with Gasteiger partial charge in [0.15, 0.2) is 11.6 Å². The van der Waals surface area contributed by atoms with E-state index < -0.39 is 12.1 Å². The Balaban J connectivity index is 0.765. The molecule has 364 valence electrons. The first-order valence-electron chi connectivity index (χ1n) is 23.3. The molecule has 70 heavy (non-hydrogen) atoms. The number of ether oxygens (including phenoxy) is 3. The van der Waals surface area contributed by atoms with E-state index in [2.05, 4.69) is 36.3 Å². The molecule has 0 unspecified atom stereocenters. The third-order valence-electron chi connectivity index (χ3n) is 11.8. The molecule has 0 saturated carbocycles. The number of aryl methyl sites for hydroxylation is 2. The zero-order valence-corrected chi connectivity index (χ0v) is 41.4. The number of rotatable bonds is 21. The summed E-state index contributed by atoms with van der Waals surface area (Å²) in [6.45, 7) is 8.04. The van der Waals surface area contributed by atoms with E-state index in [1.54, 1.807) is 26.0 Å². The van der Waals surface area contributed by atoms with Gasteiger partial charge in [-0.05, 0) is 94.3 Å². The Bertz CT molecular complexity index is 2900. The Morgan fingerprint density at radius 2 is 1.13 bits per heavy atom. The summed E-state index contributed by atoms with van der Waals surface area (Å²) in [5.74, 6) is 4.20. The number of aliphatic imine (C=N–C) groups is 2. The highest BCUT2D eigenvalue weighted by molar-refractivity contribution is 7.99. The largest absolute Gasteiger partial charge is 0.497 e. The van der Waals surface area contributed by atoms with Crippen LogP contribution in [-0.4, -0.2) is 111 Å². The molecule has 3 amide bonds. The summed E-state index contributed by atoms with van der Waals surface area (Å²) in [5.41, 5.74) is 6.51. The van der Waals surface area contributed by atoms with Crippen LogP contribution in [-0.2, 0) is 19.1 Å². The number of nitrogens with zero attached hydrogens (tertiary/aromatic N) is 8. The molecule has 2 aliphatic rings. The summed E-state index contributed by atoms with van der Waals surface area (Å²) >= 11 is 7.83. The van der Waals surface area contributed by atoms with Gasteiger partial charge in [-0.2, -0.15) is 0 Å². The van der Waals surface area contributed by atoms with Gasteiger partial charge in [-0.1, -0.05) is 35.9 Å². The number of aromatic nitrogens is 6. The highest BCUT2D eigenvalue weighted by Crippen LogP contribution is 2.36. The molecule has 6 aromatic rings. The number of carbonyl (C=O) groups is 3. The SMILES string of the molecule is CCNC(=O)C[C@@H]1N=C(c2ccc(SCCC(=O)NCCCOCCCNC(=O)C[C@@H]3N=C(c4ccc(Cl)cc4)c4cc(OC)ccc4-n4c(C)nnc43)cc2)c2cc(OC)ccc2-n2c(C)nnc21. The summed E-state index contributed by atoms with van der Waals surface area (Å²) < 4.78 is 20.9. The van der Waals surface area contributed by atoms with E-state index >= 15 is 0 Å².